The van der Waals surface area contributed by atoms with E-state index < -0.39 is 17.6 Å². The second kappa shape index (κ2) is 4.83. The van der Waals surface area contributed by atoms with Gasteiger partial charge >= 0.3 is 6.18 Å². The number of hydrogen-bond acceptors (Lipinski definition) is 3. The van der Waals surface area contributed by atoms with E-state index in [0.29, 0.717) is 0 Å². The number of carbonyl (C=O) groups excluding carboxylic acids is 1. The molecule has 0 saturated carbocycles. The third kappa shape index (κ3) is 2.18. The second-order valence-corrected chi connectivity index (χ2v) is 4.52. The molecule has 3 rings (SSSR count). The Kier molecular flexibility index (Phi) is 3.09. The number of alkyl halides is 3. The van der Waals surface area contributed by atoms with Crippen LogP contribution in [0.2, 0.25) is 0 Å². The number of carbonyl (C=O) groups is 1. The number of aromatic nitrogens is 3. The van der Waals surface area contributed by atoms with Crippen molar-refractivity contribution in [1.82, 2.24) is 14.5 Å². The summed E-state index contributed by atoms with van der Waals surface area (Å²) in [6.45, 7) is 0. The Morgan fingerprint density at radius 2 is 1.82 bits per heavy atom. The lowest BCUT2D eigenvalue weighted by Gasteiger charge is -2.09. The maximum atomic E-state index is 13.2. The number of benzene rings is 1. The van der Waals surface area contributed by atoms with Crippen molar-refractivity contribution in [2.24, 2.45) is 5.73 Å². The number of amides is 1. The smallest absolute Gasteiger partial charge is 0.366 e. The van der Waals surface area contributed by atoms with E-state index in [1.54, 1.807) is 6.07 Å². The first-order valence-electron chi connectivity index (χ1n) is 6.18. The Balaban J connectivity index is 2.41. The van der Waals surface area contributed by atoms with Gasteiger partial charge in [0, 0.05) is 24.0 Å². The average molecular weight is 306 g/mol. The van der Waals surface area contributed by atoms with Crippen LogP contribution in [0.1, 0.15) is 15.9 Å². The summed E-state index contributed by atoms with van der Waals surface area (Å²) in [6, 6.07) is 5.19. The third-order valence-electron chi connectivity index (χ3n) is 3.17. The molecule has 0 aliphatic carbocycles. The minimum atomic E-state index is -4.60. The van der Waals surface area contributed by atoms with Gasteiger partial charge in [-0.15, -0.1) is 0 Å². The van der Waals surface area contributed by atoms with Crippen LogP contribution in [0.3, 0.4) is 0 Å². The fourth-order valence-electron chi connectivity index (χ4n) is 2.29. The molecule has 0 atom stereocenters. The van der Waals surface area contributed by atoms with Crippen LogP contribution in [-0.2, 0) is 6.18 Å². The summed E-state index contributed by atoms with van der Waals surface area (Å²) in [5.74, 6) is -0.796. The number of hydrogen-bond donors (Lipinski definition) is 1. The molecule has 0 saturated heterocycles. The molecular weight excluding hydrogens is 297 g/mol. The molecule has 0 fully saturated rings. The van der Waals surface area contributed by atoms with Gasteiger partial charge in [-0.25, -0.2) is 9.97 Å². The molecule has 8 heteroatoms. The summed E-state index contributed by atoms with van der Waals surface area (Å²) in [7, 11) is 0. The van der Waals surface area contributed by atoms with E-state index in [9.17, 15) is 18.0 Å². The fraction of sp³-hybridized carbons (Fsp3) is 0.0714. The normalized spacial score (nSPS) is 11.8. The first kappa shape index (κ1) is 14.1. The monoisotopic (exact) mass is 306 g/mol. The highest BCUT2D eigenvalue weighted by Crippen LogP contribution is 2.37. The Bertz CT molecular complexity index is 856. The average Bonchev–Trinajstić information content (AvgIpc) is 2.86. The Labute approximate surface area is 122 Å². The molecule has 0 unspecified atom stereocenters. The molecule has 112 valence electrons. The first-order valence-corrected chi connectivity index (χ1v) is 6.18. The highest BCUT2D eigenvalue weighted by Gasteiger charge is 2.35. The van der Waals surface area contributed by atoms with Crippen molar-refractivity contribution in [2.45, 2.75) is 6.18 Å². The summed E-state index contributed by atoms with van der Waals surface area (Å²) in [4.78, 5) is 19.5. The second-order valence-electron chi connectivity index (χ2n) is 4.52. The lowest BCUT2D eigenvalue weighted by molar-refractivity contribution is -0.136. The number of nitrogens with zero attached hydrogens (tertiary/aromatic N) is 3. The lowest BCUT2D eigenvalue weighted by Crippen LogP contribution is -2.12. The minimum Gasteiger partial charge on any atom is -0.366 e. The van der Waals surface area contributed by atoms with Crippen molar-refractivity contribution in [3.63, 3.8) is 0 Å². The SMILES string of the molecule is NC(=O)c1cn(-c2ncccn2)c2cccc(C(F)(F)F)c12. The highest BCUT2D eigenvalue weighted by molar-refractivity contribution is 6.08. The Morgan fingerprint density at radius 3 is 2.41 bits per heavy atom. The summed E-state index contributed by atoms with van der Waals surface area (Å²) >= 11 is 0. The zero-order valence-electron chi connectivity index (χ0n) is 11.0. The van der Waals surface area contributed by atoms with Crippen molar-refractivity contribution in [2.75, 3.05) is 0 Å². The molecule has 0 radical (unpaired) electrons. The van der Waals surface area contributed by atoms with Gasteiger partial charge in [0.2, 0.25) is 5.95 Å². The molecule has 0 bridgehead atoms. The maximum Gasteiger partial charge on any atom is 0.417 e. The molecule has 2 aromatic heterocycles. The maximum absolute atomic E-state index is 13.2. The molecule has 22 heavy (non-hydrogen) atoms. The van der Waals surface area contributed by atoms with Crippen molar-refractivity contribution >= 4 is 16.8 Å². The quantitative estimate of drug-likeness (QED) is 0.790. The molecule has 1 amide bonds. The molecule has 2 heterocycles. The zero-order valence-corrected chi connectivity index (χ0v) is 11.0. The van der Waals surface area contributed by atoms with E-state index in [0.717, 1.165) is 6.07 Å². The van der Waals surface area contributed by atoms with E-state index in [2.05, 4.69) is 9.97 Å². The number of primary amides is 1. The number of rotatable bonds is 2. The van der Waals surface area contributed by atoms with Crippen molar-refractivity contribution in [3.8, 4) is 5.95 Å². The van der Waals surface area contributed by atoms with E-state index >= 15 is 0 Å². The lowest BCUT2D eigenvalue weighted by atomic mass is 10.1. The minimum absolute atomic E-state index is 0.152. The van der Waals surface area contributed by atoms with Crippen LogP contribution in [0.4, 0.5) is 13.2 Å². The Morgan fingerprint density at radius 1 is 1.14 bits per heavy atom. The molecule has 1 aromatic carbocycles. The van der Waals surface area contributed by atoms with Gasteiger partial charge in [-0.1, -0.05) is 6.07 Å². The van der Waals surface area contributed by atoms with E-state index in [-0.39, 0.29) is 22.4 Å². The van der Waals surface area contributed by atoms with Gasteiger partial charge in [-0.3, -0.25) is 9.36 Å². The molecule has 0 aliphatic heterocycles. The van der Waals surface area contributed by atoms with Gasteiger partial charge in [0.15, 0.2) is 0 Å². The van der Waals surface area contributed by atoms with Crippen molar-refractivity contribution in [1.29, 1.82) is 0 Å². The third-order valence-corrected chi connectivity index (χ3v) is 3.17. The topological polar surface area (TPSA) is 73.8 Å². The summed E-state index contributed by atoms with van der Waals surface area (Å²) < 4.78 is 40.9. The molecule has 2 N–H and O–H groups in total. The summed E-state index contributed by atoms with van der Waals surface area (Å²) in [6.07, 6.45) is -0.484. The molecule has 5 nitrogen and oxygen atoms in total. The van der Waals surface area contributed by atoms with Crippen LogP contribution in [0.5, 0.6) is 0 Å². The molecule has 0 aliphatic rings. The van der Waals surface area contributed by atoms with Crippen LogP contribution in [0.15, 0.2) is 42.9 Å². The molecule has 3 aromatic rings. The van der Waals surface area contributed by atoms with Gasteiger partial charge < -0.3 is 5.73 Å². The van der Waals surface area contributed by atoms with Crippen LogP contribution >= 0.6 is 0 Å². The van der Waals surface area contributed by atoms with Crippen molar-refractivity contribution < 1.29 is 18.0 Å². The number of nitrogens with two attached hydrogens (primary N) is 1. The summed E-state index contributed by atoms with van der Waals surface area (Å²) in [5, 5.41) is -0.255. The van der Waals surface area contributed by atoms with Crippen molar-refractivity contribution in [3.05, 3.63) is 54.0 Å². The molecular formula is C14H9F3N4O. The zero-order chi connectivity index (χ0) is 15.9. The largest absolute Gasteiger partial charge is 0.417 e. The first-order chi connectivity index (χ1) is 10.4. The van der Waals surface area contributed by atoms with Gasteiger partial charge in [0.1, 0.15) is 0 Å². The van der Waals surface area contributed by atoms with E-state index in [1.165, 1.54) is 35.3 Å². The van der Waals surface area contributed by atoms with Crippen LogP contribution in [0.25, 0.3) is 16.9 Å². The van der Waals surface area contributed by atoms with Gasteiger partial charge in [-0.2, -0.15) is 13.2 Å². The standard InChI is InChI=1S/C14H9F3N4O/c15-14(16,17)9-3-1-4-10-11(9)8(12(18)22)7-21(10)13-19-5-2-6-20-13/h1-7H,(H2,18,22). The van der Waals surface area contributed by atoms with Gasteiger partial charge in [-0.05, 0) is 18.2 Å². The summed E-state index contributed by atoms with van der Waals surface area (Å²) in [5.41, 5.74) is 4.24. The predicted molar refractivity (Wildman–Crippen MR) is 72.4 cm³/mol. The highest BCUT2D eigenvalue weighted by atomic mass is 19.4. The van der Waals surface area contributed by atoms with Crippen LogP contribution in [0, 0.1) is 0 Å². The predicted octanol–water partition coefficient (Wildman–Crippen LogP) is 2.54. The van der Waals surface area contributed by atoms with E-state index in [4.69, 9.17) is 5.73 Å². The van der Waals surface area contributed by atoms with Crippen LogP contribution < -0.4 is 5.73 Å². The number of halogens is 3. The Hall–Kier alpha value is -2.90. The number of fused-ring (bicyclic) bond motifs is 1. The van der Waals surface area contributed by atoms with E-state index in [1.807, 2.05) is 0 Å². The van der Waals surface area contributed by atoms with Crippen LogP contribution in [-0.4, -0.2) is 20.4 Å². The molecule has 0 spiro atoms. The fourth-order valence-corrected chi connectivity index (χ4v) is 2.29. The van der Waals surface area contributed by atoms with Gasteiger partial charge in [0.05, 0.1) is 16.6 Å². The van der Waals surface area contributed by atoms with Gasteiger partial charge in [0.25, 0.3) is 5.91 Å².